The van der Waals surface area contributed by atoms with Crippen molar-refractivity contribution >= 4 is 37.8 Å². The summed E-state index contributed by atoms with van der Waals surface area (Å²) in [4.78, 5) is 11.1. The quantitative estimate of drug-likeness (QED) is 0.573. The third-order valence-corrected chi connectivity index (χ3v) is 3.79. The Labute approximate surface area is 124 Å². The Morgan fingerprint density at radius 2 is 2.06 bits per heavy atom. The van der Waals surface area contributed by atoms with Crippen molar-refractivity contribution in [3.8, 4) is 5.75 Å². The minimum Gasteiger partial charge on any atom is -0.491 e. The first-order valence-corrected chi connectivity index (χ1v) is 7.60. The number of methoxy groups -OCH3 is 1. The standard InChI is InChI=1S/C13H16Br2O3/c1-8(2)18-10-5-4-9(7-14)11(6-10)12(15)13(16)17-3/h4-6,8,12H,7H2,1-3H3. The van der Waals surface area contributed by atoms with Crippen LogP contribution in [-0.2, 0) is 14.9 Å². The van der Waals surface area contributed by atoms with E-state index in [2.05, 4.69) is 31.9 Å². The predicted octanol–water partition coefficient (Wildman–Crippen LogP) is 3.98. The number of hydrogen-bond donors (Lipinski definition) is 0. The van der Waals surface area contributed by atoms with Crippen molar-refractivity contribution in [3.63, 3.8) is 0 Å². The number of alkyl halides is 2. The number of hydrogen-bond acceptors (Lipinski definition) is 3. The van der Waals surface area contributed by atoms with Gasteiger partial charge in [-0.3, -0.25) is 4.79 Å². The number of benzene rings is 1. The van der Waals surface area contributed by atoms with Gasteiger partial charge in [-0.2, -0.15) is 0 Å². The molecule has 100 valence electrons. The molecular weight excluding hydrogens is 364 g/mol. The molecule has 18 heavy (non-hydrogen) atoms. The Kier molecular flexibility index (Phi) is 6.15. The average Bonchev–Trinajstić information content (AvgIpc) is 2.36. The first-order chi connectivity index (χ1) is 8.49. The minimum atomic E-state index is -0.481. The molecule has 0 fully saturated rings. The van der Waals surface area contributed by atoms with Crippen molar-refractivity contribution in [2.45, 2.75) is 30.1 Å². The van der Waals surface area contributed by atoms with Gasteiger partial charge in [0.2, 0.25) is 0 Å². The lowest BCUT2D eigenvalue weighted by atomic mass is 10.1. The molecule has 1 atom stereocenters. The molecule has 1 unspecified atom stereocenters. The maximum absolute atomic E-state index is 11.6. The van der Waals surface area contributed by atoms with E-state index in [1.54, 1.807) is 0 Å². The van der Waals surface area contributed by atoms with Gasteiger partial charge in [0.05, 0.1) is 13.2 Å². The average molecular weight is 380 g/mol. The van der Waals surface area contributed by atoms with Crippen LogP contribution in [0.3, 0.4) is 0 Å². The fourth-order valence-corrected chi connectivity index (χ4v) is 2.63. The summed E-state index contributed by atoms with van der Waals surface area (Å²) in [5.41, 5.74) is 1.88. The molecule has 0 saturated carbocycles. The number of esters is 1. The van der Waals surface area contributed by atoms with Crippen LogP contribution in [0.15, 0.2) is 18.2 Å². The van der Waals surface area contributed by atoms with Crippen LogP contribution in [0.4, 0.5) is 0 Å². The van der Waals surface area contributed by atoms with Crippen molar-refractivity contribution in [1.29, 1.82) is 0 Å². The molecule has 0 aliphatic carbocycles. The Bertz CT molecular complexity index is 419. The summed E-state index contributed by atoms with van der Waals surface area (Å²) >= 11 is 6.76. The predicted molar refractivity (Wildman–Crippen MR) is 78.5 cm³/mol. The fourth-order valence-electron chi connectivity index (χ4n) is 1.51. The molecule has 0 N–H and O–H groups in total. The third kappa shape index (κ3) is 3.99. The lowest BCUT2D eigenvalue weighted by Crippen LogP contribution is -2.11. The molecule has 1 rings (SSSR count). The maximum atomic E-state index is 11.6. The van der Waals surface area contributed by atoms with Crippen LogP contribution >= 0.6 is 31.9 Å². The van der Waals surface area contributed by atoms with Gasteiger partial charge >= 0.3 is 5.97 Å². The molecule has 0 saturated heterocycles. The van der Waals surface area contributed by atoms with E-state index in [0.717, 1.165) is 16.9 Å². The highest BCUT2D eigenvalue weighted by Gasteiger charge is 2.21. The highest BCUT2D eigenvalue weighted by atomic mass is 79.9. The fraction of sp³-hybridized carbons (Fsp3) is 0.462. The van der Waals surface area contributed by atoms with Crippen LogP contribution in [-0.4, -0.2) is 19.2 Å². The van der Waals surface area contributed by atoms with Crippen LogP contribution in [0, 0.1) is 0 Å². The number of rotatable bonds is 5. The maximum Gasteiger partial charge on any atom is 0.324 e. The molecule has 1 aromatic rings. The van der Waals surface area contributed by atoms with E-state index >= 15 is 0 Å². The molecule has 1 aromatic carbocycles. The zero-order valence-corrected chi connectivity index (χ0v) is 13.7. The molecule has 5 heteroatoms. The first-order valence-electron chi connectivity index (χ1n) is 5.57. The van der Waals surface area contributed by atoms with Crippen LogP contribution in [0.1, 0.15) is 29.8 Å². The van der Waals surface area contributed by atoms with Gasteiger partial charge in [0.25, 0.3) is 0 Å². The van der Waals surface area contributed by atoms with Gasteiger partial charge < -0.3 is 9.47 Å². The summed E-state index contributed by atoms with van der Waals surface area (Å²) < 4.78 is 10.4. The lowest BCUT2D eigenvalue weighted by Gasteiger charge is -2.16. The van der Waals surface area contributed by atoms with Gasteiger partial charge in [-0.1, -0.05) is 37.9 Å². The second-order valence-corrected chi connectivity index (χ2v) is 5.52. The Hall–Kier alpha value is -0.550. The van der Waals surface area contributed by atoms with E-state index < -0.39 is 4.83 Å². The van der Waals surface area contributed by atoms with Crippen molar-refractivity contribution < 1.29 is 14.3 Å². The van der Waals surface area contributed by atoms with Gasteiger partial charge in [-0.05, 0) is 37.1 Å². The highest BCUT2D eigenvalue weighted by molar-refractivity contribution is 9.09. The summed E-state index contributed by atoms with van der Waals surface area (Å²) in [7, 11) is 1.37. The summed E-state index contributed by atoms with van der Waals surface area (Å²) in [5, 5.41) is 0.670. The van der Waals surface area contributed by atoms with Crippen molar-refractivity contribution in [1.82, 2.24) is 0 Å². The van der Waals surface area contributed by atoms with Crippen molar-refractivity contribution in [2.75, 3.05) is 7.11 Å². The molecule has 0 aliphatic rings. The summed E-state index contributed by atoms with van der Waals surface area (Å²) in [6.45, 7) is 3.92. The zero-order chi connectivity index (χ0) is 13.7. The number of ether oxygens (including phenoxy) is 2. The van der Waals surface area contributed by atoms with Gasteiger partial charge in [0.1, 0.15) is 10.6 Å². The second-order valence-electron chi connectivity index (χ2n) is 4.05. The Morgan fingerprint density at radius 1 is 1.39 bits per heavy atom. The first kappa shape index (κ1) is 15.5. The molecule has 0 aromatic heterocycles. The van der Waals surface area contributed by atoms with E-state index in [1.807, 2.05) is 32.0 Å². The topological polar surface area (TPSA) is 35.5 Å². The van der Waals surface area contributed by atoms with Gasteiger partial charge in [-0.15, -0.1) is 0 Å². The van der Waals surface area contributed by atoms with Gasteiger partial charge in [0, 0.05) is 5.33 Å². The van der Waals surface area contributed by atoms with Crippen LogP contribution in [0.5, 0.6) is 5.75 Å². The number of halogens is 2. The molecule has 0 spiro atoms. The minimum absolute atomic E-state index is 0.0968. The SMILES string of the molecule is COC(=O)C(Br)c1cc(OC(C)C)ccc1CBr. The van der Waals surface area contributed by atoms with E-state index in [1.165, 1.54) is 7.11 Å². The number of carbonyl (C=O) groups is 1. The van der Waals surface area contributed by atoms with E-state index in [4.69, 9.17) is 9.47 Å². The van der Waals surface area contributed by atoms with Crippen molar-refractivity contribution in [2.24, 2.45) is 0 Å². The number of carbonyl (C=O) groups excluding carboxylic acids is 1. The summed E-state index contributed by atoms with van der Waals surface area (Å²) in [6, 6.07) is 5.71. The lowest BCUT2D eigenvalue weighted by molar-refractivity contribution is -0.139. The van der Waals surface area contributed by atoms with Crippen LogP contribution in [0.2, 0.25) is 0 Å². The van der Waals surface area contributed by atoms with Gasteiger partial charge in [0.15, 0.2) is 0 Å². The highest BCUT2D eigenvalue weighted by Crippen LogP contribution is 2.32. The second kappa shape index (κ2) is 7.14. The zero-order valence-electron chi connectivity index (χ0n) is 10.6. The van der Waals surface area contributed by atoms with Crippen LogP contribution < -0.4 is 4.74 Å². The Balaban J connectivity index is 3.09. The normalized spacial score (nSPS) is 12.3. The van der Waals surface area contributed by atoms with E-state index in [0.29, 0.717) is 5.33 Å². The summed E-state index contributed by atoms with van der Waals surface area (Å²) in [6.07, 6.45) is 0.0968. The molecule has 0 radical (unpaired) electrons. The van der Waals surface area contributed by atoms with Gasteiger partial charge in [-0.25, -0.2) is 0 Å². The molecule has 0 aliphatic heterocycles. The molecule has 0 heterocycles. The third-order valence-electron chi connectivity index (χ3n) is 2.31. The Morgan fingerprint density at radius 3 is 2.56 bits per heavy atom. The molecule has 0 amide bonds. The van der Waals surface area contributed by atoms with E-state index in [9.17, 15) is 4.79 Å². The van der Waals surface area contributed by atoms with Crippen LogP contribution in [0.25, 0.3) is 0 Å². The monoisotopic (exact) mass is 378 g/mol. The van der Waals surface area contributed by atoms with Crippen molar-refractivity contribution in [3.05, 3.63) is 29.3 Å². The molecular formula is C13H16Br2O3. The van der Waals surface area contributed by atoms with E-state index in [-0.39, 0.29) is 12.1 Å². The molecule has 0 bridgehead atoms. The molecule has 3 nitrogen and oxygen atoms in total. The largest absolute Gasteiger partial charge is 0.491 e. The summed E-state index contributed by atoms with van der Waals surface area (Å²) in [5.74, 6) is 0.428. The smallest absolute Gasteiger partial charge is 0.324 e.